The van der Waals surface area contributed by atoms with Crippen LogP contribution in [0.3, 0.4) is 0 Å². The lowest BCUT2D eigenvalue weighted by atomic mass is 9.89. The number of ether oxygens (including phenoxy) is 1. The van der Waals surface area contributed by atoms with Gasteiger partial charge in [0.2, 0.25) is 5.91 Å². The van der Waals surface area contributed by atoms with Crippen molar-refractivity contribution in [3.63, 3.8) is 0 Å². The third kappa shape index (κ3) is 1.42. The summed E-state index contributed by atoms with van der Waals surface area (Å²) in [5.41, 5.74) is -0.277. The van der Waals surface area contributed by atoms with Crippen molar-refractivity contribution in [3.8, 4) is 0 Å². The van der Waals surface area contributed by atoms with Crippen LogP contribution in [0.15, 0.2) is 0 Å². The van der Waals surface area contributed by atoms with Gasteiger partial charge in [0.15, 0.2) is 0 Å². The van der Waals surface area contributed by atoms with E-state index in [4.69, 9.17) is 4.74 Å². The fourth-order valence-corrected chi connectivity index (χ4v) is 1.61. The zero-order chi connectivity index (χ0) is 7.61. The molecule has 0 bridgehead atoms. The zero-order valence-corrected chi connectivity index (χ0v) is 7.97. The Morgan fingerprint density at radius 1 is 1.80 bits per heavy atom. The van der Waals surface area contributed by atoms with Crippen molar-refractivity contribution in [3.05, 3.63) is 0 Å². The molecular weight excluding hydrogens is 245 g/mol. The van der Waals surface area contributed by atoms with Crippen LogP contribution in [0.25, 0.3) is 0 Å². The lowest BCUT2D eigenvalue weighted by molar-refractivity contribution is -0.127. The highest BCUT2D eigenvalue weighted by Gasteiger charge is 2.36. The summed E-state index contributed by atoms with van der Waals surface area (Å²) < 4.78 is 7.72. The van der Waals surface area contributed by atoms with Crippen LogP contribution in [0.4, 0.5) is 0 Å². The second-order valence-corrected chi connectivity index (χ2v) is 3.33. The fraction of sp³-hybridized carbons (Fsp3) is 0.833. The minimum absolute atomic E-state index is 0.0746. The molecule has 0 aromatic heterocycles. The summed E-state index contributed by atoms with van der Waals surface area (Å²) in [6.07, 6.45) is 0.835. The third-order valence-corrected chi connectivity index (χ3v) is 2.34. The molecule has 1 amide bonds. The highest BCUT2D eigenvalue weighted by molar-refractivity contribution is 14.1. The average Bonchev–Trinajstić information content (AvgIpc) is 2.36. The topological polar surface area (TPSA) is 38.3 Å². The number of carbonyl (C=O) groups is 1. The Balaban J connectivity index is 2.58. The van der Waals surface area contributed by atoms with Crippen molar-refractivity contribution in [1.29, 1.82) is 0 Å². The normalized spacial score (nSPS) is 32.2. The van der Waals surface area contributed by atoms with Gasteiger partial charge in [-0.3, -0.25) is 8.32 Å². The monoisotopic (exact) mass is 255 g/mol. The molecule has 0 aliphatic carbocycles. The Bertz CT molecular complexity index is 143. The van der Waals surface area contributed by atoms with Crippen LogP contribution in [0, 0.1) is 5.41 Å². The Labute approximate surface area is 74.0 Å². The van der Waals surface area contributed by atoms with Gasteiger partial charge in [-0.1, -0.05) is 0 Å². The molecule has 0 saturated carbocycles. The largest absolute Gasteiger partial charge is 0.380 e. The van der Waals surface area contributed by atoms with Crippen LogP contribution >= 0.6 is 22.9 Å². The van der Waals surface area contributed by atoms with Crippen molar-refractivity contribution in [2.24, 2.45) is 5.41 Å². The summed E-state index contributed by atoms with van der Waals surface area (Å²) in [6.45, 7) is 3.19. The predicted octanol–water partition coefficient (Wildman–Crippen LogP) is 0.879. The van der Waals surface area contributed by atoms with E-state index in [1.807, 2.05) is 29.8 Å². The smallest absolute Gasteiger partial charge is 0.236 e. The molecular formula is C6H10INO2. The van der Waals surface area contributed by atoms with Gasteiger partial charge in [0.1, 0.15) is 0 Å². The van der Waals surface area contributed by atoms with E-state index < -0.39 is 0 Å². The van der Waals surface area contributed by atoms with Gasteiger partial charge in [-0.05, 0) is 13.3 Å². The van der Waals surface area contributed by atoms with Gasteiger partial charge in [-0.25, -0.2) is 0 Å². The first-order valence-electron chi connectivity index (χ1n) is 3.18. The summed E-state index contributed by atoms with van der Waals surface area (Å²) in [7, 11) is 0. The average molecular weight is 255 g/mol. The first kappa shape index (κ1) is 8.26. The summed E-state index contributed by atoms with van der Waals surface area (Å²) in [6, 6.07) is 0. The highest BCUT2D eigenvalue weighted by atomic mass is 127. The van der Waals surface area contributed by atoms with Gasteiger partial charge in [0.25, 0.3) is 0 Å². The maximum Gasteiger partial charge on any atom is 0.236 e. The lowest BCUT2D eigenvalue weighted by Gasteiger charge is -2.17. The molecule has 3 nitrogen and oxygen atoms in total. The van der Waals surface area contributed by atoms with Crippen LogP contribution in [0.5, 0.6) is 0 Å². The quantitative estimate of drug-likeness (QED) is 0.558. The lowest BCUT2D eigenvalue weighted by Crippen LogP contribution is -2.34. The number of hydrogen-bond donors (Lipinski definition) is 1. The molecule has 1 N–H and O–H groups in total. The highest BCUT2D eigenvalue weighted by Crippen LogP contribution is 2.27. The summed E-state index contributed by atoms with van der Waals surface area (Å²) in [5.74, 6) is 0.0746. The molecule has 1 rings (SSSR count). The van der Waals surface area contributed by atoms with Crippen LogP contribution in [0.1, 0.15) is 13.3 Å². The van der Waals surface area contributed by atoms with E-state index in [9.17, 15) is 4.79 Å². The van der Waals surface area contributed by atoms with Crippen LogP contribution in [0.2, 0.25) is 0 Å². The zero-order valence-electron chi connectivity index (χ0n) is 5.82. The van der Waals surface area contributed by atoms with Crippen LogP contribution in [-0.4, -0.2) is 19.1 Å². The molecule has 58 valence electrons. The number of carbonyl (C=O) groups excluding carboxylic acids is 1. The molecule has 1 aliphatic rings. The second kappa shape index (κ2) is 3.04. The first-order valence-corrected chi connectivity index (χ1v) is 4.26. The van der Waals surface area contributed by atoms with E-state index in [1.165, 1.54) is 0 Å². The summed E-state index contributed by atoms with van der Waals surface area (Å²) in [5, 5.41) is 0. The molecule has 1 heterocycles. The SMILES string of the molecule is CC1(C(=O)NI)CCOC1. The maximum atomic E-state index is 11.1. The van der Waals surface area contributed by atoms with E-state index in [0.717, 1.165) is 6.42 Å². The van der Waals surface area contributed by atoms with Crippen LogP contribution in [-0.2, 0) is 9.53 Å². The molecule has 4 heteroatoms. The van der Waals surface area contributed by atoms with Gasteiger partial charge < -0.3 is 4.74 Å². The number of hydrogen-bond acceptors (Lipinski definition) is 2. The minimum Gasteiger partial charge on any atom is -0.380 e. The first-order chi connectivity index (χ1) is 4.69. The standard InChI is InChI=1S/C6H10INO2/c1-6(5(9)8-7)2-3-10-4-6/h2-4H2,1H3,(H,8,9). The van der Waals surface area contributed by atoms with E-state index in [0.29, 0.717) is 13.2 Å². The number of amides is 1. The summed E-state index contributed by atoms with van der Waals surface area (Å²) >= 11 is 1.86. The van der Waals surface area contributed by atoms with Gasteiger partial charge >= 0.3 is 0 Å². The Morgan fingerprint density at radius 3 is 2.90 bits per heavy atom. The van der Waals surface area contributed by atoms with E-state index >= 15 is 0 Å². The van der Waals surface area contributed by atoms with E-state index in [1.54, 1.807) is 0 Å². The van der Waals surface area contributed by atoms with Crippen molar-refractivity contribution in [1.82, 2.24) is 3.53 Å². The van der Waals surface area contributed by atoms with Crippen molar-refractivity contribution < 1.29 is 9.53 Å². The Hall–Kier alpha value is 0.160. The van der Waals surface area contributed by atoms with Gasteiger partial charge in [-0.2, -0.15) is 0 Å². The molecule has 0 spiro atoms. The van der Waals surface area contributed by atoms with Crippen LogP contribution < -0.4 is 3.53 Å². The molecule has 1 atom stereocenters. The van der Waals surface area contributed by atoms with Gasteiger partial charge in [0, 0.05) is 6.61 Å². The molecule has 10 heavy (non-hydrogen) atoms. The molecule has 1 unspecified atom stereocenters. The van der Waals surface area contributed by atoms with E-state index in [-0.39, 0.29) is 11.3 Å². The third-order valence-electron chi connectivity index (χ3n) is 1.85. The number of nitrogens with one attached hydrogen (secondary N) is 1. The molecule has 1 saturated heterocycles. The maximum absolute atomic E-state index is 11.1. The summed E-state index contributed by atoms with van der Waals surface area (Å²) in [4.78, 5) is 11.1. The molecule has 0 radical (unpaired) electrons. The predicted molar refractivity (Wildman–Crippen MR) is 45.7 cm³/mol. The molecule has 1 fully saturated rings. The Morgan fingerprint density at radius 2 is 2.50 bits per heavy atom. The molecule has 0 aromatic rings. The van der Waals surface area contributed by atoms with E-state index in [2.05, 4.69) is 3.53 Å². The van der Waals surface area contributed by atoms with Crippen molar-refractivity contribution in [2.45, 2.75) is 13.3 Å². The minimum atomic E-state index is -0.277. The Kier molecular flexibility index (Phi) is 2.51. The second-order valence-electron chi connectivity index (χ2n) is 2.79. The molecule has 0 aromatic carbocycles. The van der Waals surface area contributed by atoms with Gasteiger partial charge in [-0.15, -0.1) is 0 Å². The van der Waals surface area contributed by atoms with Gasteiger partial charge in [0.05, 0.1) is 34.9 Å². The number of halogens is 1. The fourth-order valence-electron chi connectivity index (χ4n) is 0.960. The van der Waals surface area contributed by atoms with Crippen molar-refractivity contribution >= 4 is 28.8 Å². The van der Waals surface area contributed by atoms with Crippen molar-refractivity contribution in [2.75, 3.05) is 13.2 Å². The molecule has 1 aliphatic heterocycles. The number of rotatable bonds is 1.